The van der Waals surface area contributed by atoms with Crippen LogP contribution in [-0.4, -0.2) is 16.7 Å². The van der Waals surface area contributed by atoms with E-state index in [1.165, 1.54) is 27.7 Å². The molecule has 0 saturated heterocycles. The molecule has 0 bridgehead atoms. The number of nitrogens with one attached hydrogen (secondary N) is 1. The van der Waals surface area contributed by atoms with Gasteiger partial charge in [0.25, 0.3) is 0 Å². The molecule has 2 heteroatoms. The third-order valence-electron chi connectivity index (χ3n) is 4.01. The van der Waals surface area contributed by atoms with Gasteiger partial charge in [0.2, 0.25) is 0 Å². The summed E-state index contributed by atoms with van der Waals surface area (Å²) in [4.78, 5) is 8.15. The van der Waals surface area contributed by atoms with E-state index in [0.29, 0.717) is 12.0 Å². The lowest BCUT2D eigenvalue weighted by Crippen LogP contribution is -2.19. The van der Waals surface area contributed by atoms with Gasteiger partial charge in [-0.1, -0.05) is 12.1 Å². The third kappa shape index (κ3) is 0.946. The summed E-state index contributed by atoms with van der Waals surface area (Å²) in [6.45, 7) is 2.16. The number of aromatic amines is 1. The van der Waals surface area contributed by atoms with Crippen molar-refractivity contribution < 1.29 is 0 Å². The molecule has 2 heterocycles. The highest BCUT2D eigenvalue weighted by molar-refractivity contribution is 5.92. The monoisotopic (exact) mass is 210 g/mol. The van der Waals surface area contributed by atoms with Crippen molar-refractivity contribution in [2.24, 2.45) is 4.99 Å². The highest BCUT2D eigenvalue weighted by Crippen LogP contribution is 2.42. The Kier molecular flexibility index (Phi) is 1.48. The largest absolute Gasteiger partial charge is 0.361 e. The molecule has 2 unspecified atom stereocenters. The van der Waals surface area contributed by atoms with Gasteiger partial charge in [-0.05, 0) is 37.0 Å². The summed E-state index contributed by atoms with van der Waals surface area (Å²) >= 11 is 0. The fraction of sp³-hybridized carbons (Fsp3) is 0.357. The van der Waals surface area contributed by atoms with Gasteiger partial charge in [0.1, 0.15) is 0 Å². The lowest BCUT2D eigenvalue weighted by molar-refractivity contribution is 0.572. The van der Waals surface area contributed by atoms with Crippen LogP contribution < -0.4 is 0 Å². The van der Waals surface area contributed by atoms with E-state index >= 15 is 0 Å². The Labute approximate surface area is 94.4 Å². The Balaban J connectivity index is 2.01. The molecule has 80 valence electrons. The number of aliphatic imine (C=N–C) groups is 1. The predicted octanol–water partition coefficient (Wildman–Crippen LogP) is 3.04. The predicted molar refractivity (Wildman–Crippen MR) is 66.3 cm³/mol. The standard InChI is InChI=1S/C14H14N2/c1-8-5-11-10-3-2-4-12-14(10)9(7-15-12)6-13(11)16-8/h2-4,7,11,13,15H,5-6H2,1H3. The van der Waals surface area contributed by atoms with Crippen molar-refractivity contribution in [1.29, 1.82) is 0 Å². The quantitative estimate of drug-likeness (QED) is 0.692. The van der Waals surface area contributed by atoms with Crippen molar-refractivity contribution in [1.82, 2.24) is 4.98 Å². The van der Waals surface area contributed by atoms with Crippen molar-refractivity contribution in [3.8, 4) is 0 Å². The van der Waals surface area contributed by atoms with Gasteiger partial charge >= 0.3 is 0 Å². The maximum absolute atomic E-state index is 4.78. The average molecular weight is 210 g/mol. The normalized spacial score (nSPS) is 26.9. The molecular formula is C14H14N2. The van der Waals surface area contributed by atoms with Crippen LogP contribution in [0.25, 0.3) is 10.9 Å². The van der Waals surface area contributed by atoms with E-state index in [2.05, 4.69) is 36.3 Å². The van der Waals surface area contributed by atoms with Crippen LogP contribution in [0, 0.1) is 0 Å². The number of aromatic nitrogens is 1. The maximum Gasteiger partial charge on any atom is 0.0612 e. The average Bonchev–Trinajstić information content (AvgIpc) is 2.84. The van der Waals surface area contributed by atoms with Crippen LogP contribution in [0.3, 0.4) is 0 Å². The molecule has 0 amide bonds. The van der Waals surface area contributed by atoms with Crippen LogP contribution in [-0.2, 0) is 6.42 Å². The number of fused-ring (bicyclic) bond motifs is 2. The fourth-order valence-corrected chi connectivity index (χ4v) is 3.37. The summed E-state index contributed by atoms with van der Waals surface area (Å²) < 4.78 is 0. The van der Waals surface area contributed by atoms with Crippen molar-refractivity contribution >= 4 is 16.6 Å². The highest BCUT2D eigenvalue weighted by atomic mass is 14.9. The van der Waals surface area contributed by atoms with Gasteiger partial charge in [-0.2, -0.15) is 0 Å². The molecule has 0 radical (unpaired) electrons. The topological polar surface area (TPSA) is 28.1 Å². The number of hydrogen-bond acceptors (Lipinski definition) is 1. The van der Waals surface area contributed by atoms with Crippen LogP contribution in [0.4, 0.5) is 0 Å². The van der Waals surface area contributed by atoms with E-state index < -0.39 is 0 Å². The first-order chi connectivity index (χ1) is 7.83. The minimum Gasteiger partial charge on any atom is -0.361 e. The molecule has 0 saturated carbocycles. The first-order valence-electron chi connectivity index (χ1n) is 5.95. The van der Waals surface area contributed by atoms with E-state index in [-0.39, 0.29) is 0 Å². The van der Waals surface area contributed by atoms with Crippen LogP contribution in [0.15, 0.2) is 29.4 Å². The number of nitrogens with zero attached hydrogens (tertiary/aromatic N) is 1. The van der Waals surface area contributed by atoms with Gasteiger partial charge in [-0.25, -0.2) is 0 Å². The van der Waals surface area contributed by atoms with E-state index in [1.54, 1.807) is 0 Å². The molecule has 2 aliphatic rings. The zero-order chi connectivity index (χ0) is 10.7. The summed E-state index contributed by atoms with van der Waals surface area (Å²) in [6, 6.07) is 7.11. The van der Waals surface area contributed by atoms with Gasteiger partial charge < -0.3 is 4.98 Å². The minimum atomic E-state index is 0.494. The maximum atomic E-state index is 4.78. The first-order valence-corrected chi connectivity index (χ1v) is 5.95. The highest BCUT2D eigenvalue weighted by Gasteiger charge is 2.34. The number of benzene rings is 1. The second-order valence-electron chi connectivity index (χ2n) is 5.03. The fourth-order valence-electron chi connectivity index (χ4n) is 3.37. The lowest BCUT2D eigenvalue weighted by atomic mass is 9.80. The zero-order valence-corrected chi connectivity index (χ0v) is 9.33. The third-order valence-corrected chi connectivity index (χ3v) is 4.01. The van der Waals surface area contributed by atoms with Crippen LogP contribution in [0.5, 0.6) is 0 Å². The second kappa shape index (κ2) is 2.76. The molecule has 2 nitrogen and oxygen atoms in total. The Morgan fingerprint density at radius 2 is 2.25 bits per heavy atom. The molecule has 2 aromatic rings. The smallest absolute Gasteiger partial charge is 0.0612 e. The summed E-state index contributed by atoms with van der Waals surface area (Å²) in [5, 5.41) is 1.47. The van der Waals surface area contributed by atoms with Gasteiger partial charge in [0.05, 0.1) is 6.04 Å². The lowest BCUT2D eigenvalue weighted by Gasteiger charge is -2.24. The SMILES string of the molecule is CC1=NC2Cc3c[nH]c4cccc(c34)C2C1. The van der Waals surface area contributed by atoms with E-state index in [0.717, 1.165) is 12.8 Å². The van der Waals surface area contributed by atoms with Crippen molar-refractivity contribution in [2.75, 3.05) is 0 Å². The van der Waals surface area contributed by atoms with E-state index in [1.807, 2.05) is 0 Å². The van der Waals surface area contributed by atoms with Crippen LogP contribution in [0.2, 0.25) is 0 Å². The molecular weight excluding hydrogens is 196 g/mol. The van der Waals surface area contributed by atoms with Crippen LogP contribution in [0.1, 0.15) is 30.4 Å². The Bertz CT molecular complexity index is 606. The molecule has 1 aliphatic carbocycles. The van der Waals surface area contributed by atoms with Gasteiger partial charge in [-0.3, -0.25) is 4.99 Å². The molecule has 16 heavy (non-hydrogen) atoms. The number of rotatable bonds is 0. The molecule has 0 fully saturated rings. The Hall–Kier alpha value is -1.57. The molecule has 1 N–H and O–H groups in total. The van der Waals surface area contributed by atoms with Gasteiger partial charge in [0, 0.05) is 28.7 Å². The van der Waals surface area contributed by atoms with Crippen molar-refractivity contribution in [3.05, 3.63) is 35.5 Å². The zero-order valence-electron chi connectivity index (χ0n) is 9.33. The molecule has 0 spiro atoms. The molecule has 4 rings (SSSR count). The minimum absolute atomic E-state index is 0.494. The Morgan fingerprint density at radius 3 is 3.19 bits per heavy atom. The number of hydrogen-bond donors (Lipinski definition) is 1. The molecule has 1 aliphatic heterocycles. The second-order valence-corrected chi connectivity index (χ2v) is 5.03. The van der Waals surface area contributed by atoms with Gasteiger partial charge in [0.15, 0.2) is 0 Å². The summed E-state index contributed by atoms with van der Waals surface area (Å²) in [7, 11) is 0. The number of H-pyrrole nitrogens is 1. The van der Waals surface area contributed by atoms with Gasteiger partial charge in [-0.15, -0.1) is 0 Å². The molecule has 1 aromatic heterocycles. The molecule has 1 aromatic carbocycles. The Morgan fingerprint density at radius 1 is 1.31 bits per heavy atom. The summed E-state index contributed by atoms with van der Waals surface area (Å²) in [5.41, 5.74) is 5.56. The van der Waals surface area contributed by atoms with E-state index in [4.69, 9.17) is 4.99 Å². The summed E-state index contributed by atoms with van der Waals surface area (Å²) in [6.07, 6.45) is 4.42. The molecule has 2 atom stereocenters. The first kappa shape index (κ1) is 8.57. The van der Waals surface area contributed by atoms with Crippen molar-refractivity contribution in [3.63, 3.8) is 0 Å². The summed E-state index contributed by atoms with van der Waals surface area (Å²) in [5.74, 6) is 0.631. The van der Waals surface area contributed by atoms with Crippen molar-refractivity contribution in [2.45, 2.75) is 31.7 Å². The van der Waals surface area contributed by atoms with E-state index in [9.17, 15) is 0 Å². The van der Waals surface area contributed by atoms with Crippen LogP contribution >= 0.6 is 0 Å².